The van der Waals surface area contributed by atoms with Crippen LogP contribution < -0.4 is 10.1 Å². The number of nitrogens with zero attached hydrogens (tertiary/aromatic N) is 2. The zero-order valence-electron chi connectivity index (χ0n) is 24.0. The number of benzene rings is 4. The van der Waals surface area contributed by atoms with Gasteiger partial charge in [-0.3, -0.25) is 4.79 Å². The van der Waals surface area contributed by atoms with Crippen LogP contribution in [0.2, 0.25) is 0 Å². The molecule has 0 amide bonds. The van der Waals surface area contributed by atoms with Crippen molar-refractivity contribution < 1.29 is 4.79 Å². The van der Waals surface area contributed by atoms with E-state index in [2.05, 4.69) is 91.8 Å². The highest BCUT2D eigenvalue weighted by molar-refractivity contribution is 6.20. The van der Waals surface area contributed by atoms with Gasteiger partial charge in [0.2, 0.25) is 0 Å². The van der Waals surface area contributed by atoms with Gasteiger partial charge in [0.1, 0.15) is 0 Å². The van der Waals surface area contributed by atoms with Crippen molar-refractivity contribution in [3.05, 3.63) is 111 Å². The van der Waals surface area contributed by atoms with Crippen molar-refractivity contribution in [1.29, 1.82) is 0 Å². The average molecular weight is 533 g/mol. The number of hydrogen-bond acceptors (Lipinski definition) is 3. The van der Waals surface area contributed by atoms with Crippen LogP contribution in [-0.2, 0) is 11.2 Å². The van der Waals surface area contributed by atoms with Gasteiger partial charge in [-0.25, -0.2) is 0 Å². The Bertz CT molecular complexity index is 2080. The van der Waals surface area contributed by atoms with E-state index in [0.29, 0.717) is 0 Å². The molecule has 0 spiro atoms. The molecular formula is C38H32N2O. The molecular weight excluding hydrogens is 500 g/mol. The molecule has 0 N–H and O–H groups in total. The highest BCUT2D eigenvalue weighted by Crippen LogP contribution is 2.54. The number of anilines is 1. The third-order valence-electron chi connectivity index (χ3n) is 10.4. The Kier molecular flexibility index (Phi) is 4.49. The summed E-state index contributed by atoms with van der Waals surface area (Å²) < 4.78 is 0. The van der Waals surface area contributed by atoms with Crippen molar-refractivity contribution in [2.24, 2.45) is 11.8 Å². The van der Waals surface area contributed by atoms with Crippen LogP contribution >= 0.6 is 0 Å². The Morgan fingerprint density at radius 2 is 1.56 bits per heavy atom. The molecule has 0 saturated heterocycles. The summed E-state index contributed by atoms with van der Waals surface area (Å²) in [6.45, 7) is 0. The smallest absolute Gasteiger partial charge is 0.165 e. The number of ketones is 1. The second-order valence-corrected chi connectivity index (χ2v) is 12.9. The number of rotatable bonds is 2. The van der Waals surface area contributed by atoms with E-state index in [1.165, 1.54) is 77.0 Å². The van der Waals surface area contributed by atoms with E-state index in [0.717, 1.165) is 18.5 Å². The summed E-state index contributed by atoms with van der Waals surface area (Å²) in [6.07, 6.45) is 15.4. The number of likely N-dealkylation sites (N-methyl/N-ethyl adjacent to an activating group) is 1. The first-order valence-electron chi connectivity index (χ1n) is 14.8. The van der Waals surface area contributed by atoms with Crippen LogP contribution in [0.1, 0.15) is 34.6 Å². The van der Waals surface area contributed by atoms with E-state index in [1.807, 2.05) is 25.1 Å². The van der Waals surface area contributed by atoms with Crippen LogP contribution in [0.3, 0.4) is 0 Å². The van der Waals surface area contributed by atoms with Crippen molar-refractivity contribution >= 4 is 45.2 Å². The first kappa shape index (κ1) is 23.3. The van der Waals surface area contributed by atoms with Crippen LogP contribution in [0.25, 0.3) is 44.8 Å². The second-order valence-electron chi connectivity index (χ2n) is 12.9. The Morgan fingerprint density at radius 3 is 2.39 bits per heavy atom. The SMILES string of the molecule is CN(C)C1=CC(=O)C2C(=C1)CC1=CC=c3c4c(c5ccc6c7c(ccc3c57)Cc3cc(N(C)C)ccc3-6)C=CC2C14. The molecule has 0 bridgehead atoms. The van der Waals surface area contributed by atoms with Gasteiger partial charge in [0.15, 0.2) is 5.78 Å². The topological polar surface area (TPSA) is 23.6 Å². The molecule has 3 nitrogen and oxygen atoms in total. The Balaban J connectivity index is 1.29. The van der Waals surface area contributed by atoms with Gasteiger partial charge in [-0.15, -0.1) is 0 Å². The first-order valence-corrected chi connectivity index (χ1v) is 14.8. The van der Waals surface area contributed by atoms with E-state index in [-0.39, 0.29) is 23.5 Å². The summed E-state index contributed by atoms with van der Waals surface area (Å²) in [7, 11) is 8.26. The van der Waals surface area contributed by atoms with Crippen LogP contribution in [0.15, 0.2) is 83.6 Å². The van der Waals surface area contributed by atoms with E-state index in [4.69, 9.17) is 0 Å². The van der Waals surface area contributed by atoms with Crippen LogP contribution in [0, 0.1) is 11.8 Å². The maximum Gasteiger partial charge on any atom is 0.165 e. The zero-order chi connectivity index (χ0) is 27.7. The molecule has 3 heteroatoms. The van der Waals surface area contributed by atoms with E-state index < -0.39 is 0 Å². The maximum atomic E-state index is 13.6. The van der Waals surface area contributed by atoms with Crippen LogP contribution in [-0.4, -0.2) is 38.9 Å². The van der Waals surface area contributed by atoms with Gasteiger partial charge in [0, 0.05) is 57.5 Å². The quantitative estimate of drug-likeness (QED) is 0.251. The van der Waals surface area contributed by atoms with Crippen molar-refractivity contribution in [2.75, 3.05) is 33.1 Å². The highest BCUT2D eigenvalue weighted by atomic mass is 16.1. The van der Waals surface area contributed by atoms with Gasteiger partial charge < -0.3 is 9.80 Å². The standard InChI is InChI=1S/C38H32N2O/c1-39(2)24-7-10-26-22(17-24)15-20-5-8-28-29-9-6-21-16-23-18-25(40(3)4)19-33(41)34(23)32-14-13-31(38(29)36(21)32)30-12-11-27(26)35(20)37(28)30/h5-14,17-19,32,34,36H,15-16H2,1-4H3. The van der Waals surface area contributed by atoms with E-state index in [1.54, 1.807) is 0 Å². The van der Waals surface area contributed by atoms with Gasteiger partial charge in [-0.05, 0) is 91.2 Å². The Hall–Kier alpha value is -4.37. The van der Waals surface area contributed by atoms with Crippen molar-refractivity contribution in [2.45, 2.75) is 18.8 Å². The molecule has 0 heterocycles. The molecule has 41 heavy (non-hydrogen) atoms. The third-order valence-corrected chi connectivity index (χ3v) is 10.4. The summed E-state index contributed by atoms with van der Waals surface area (Å²) in [4.78, 5) is 17.8. The summed E-state index contributed by atoms with van der Waals surface area (Å²) in [5.41, 5.74) is 13.3. The molecule has 200 valence electrons. The normalized spacial score (nSPS) is 22.8. The fourth-order valence-electron chi connectivity index (χ4n) is 8.53. The molecule has 3 unspecified atom stereocenters. The lowest BCUT2D eigenvalue weighted by Gasteiger charge is -2.45. The lowest BCUT2D eigenvalue weighted by molar-refractivity contribution is -0.118. The predicted molar refractivity (Wildman–Crippen MR) is 170 cm³/mol. The monoisotopic (exact) mass is 532 g/mol. The Labute approximate surface area is 240 Å². The molecule has 1 fully saturated rings. The molecule has 5 aliphatic rings. The van der Waals surface area contributed by atoms with Crippen molar-refractivity contribution in [3.8, 4) is 11.1 Å². The predicted octanol–water partition coefficient (Wildman–Crippen LogP) is 6.77. The minimum atomic E-state index is -0.0641. The van der Waals surface area contributed by atoms with Crippen molar-refractivity contribution in [1.82, 2.24) is 4.90 Å². The molecule has 0 radical (unpaired) electrons. The van der Waals surface area contributed by atoms with Crippen LogP contribution in [0.4, 0.5) is 5.69 Å². The third kappa shape index (κ3) is 2.96. The van der Waals surface area contributed by atoms with Crippen LogP contribution in [0.5, 0.6) is 0 Å². The molecule has 5 aliphatic carbocycles. The minimum Gasteiger partial charge on any atom is -0.378 e. The highest BCUT2D eigenvalue weighted by Gasteiger charge is 2.46. The maximum absolute atomic E-state index is 13.6. The second kappa shape index (κ2) is 7.88. The molecule has 3 atom stereocenters. The number of fused-ring (bicyclic) bond motifs is 6. The lowest BCUT2D eigenvalue weighted by Crippen LogP contribution is -2.40. The van der Waals surface area contributed by atoms with Gasteiger partial charge in [0.05, 0.1) is 5.92 Å². The van der Waals surface area contributed by atoms with Gasteiger partial charge in [-0.1, -0.05) is 65.8 Å². The average Bonchev–Trinajstić information content (AvgIpc) is 2.97. The fraction of sp³-hybridized carbons (Fsp3) is 0.237. The summed E-state index contributed by atoms with van der Waals surface area (Å²) in [5, 5.41) is 6.87. The Morgan fingerprint density at radius 1 is 0.732 bits per heavy atom. The summed E-state index contributed by atoms with van der Waals surface area (Å²) >= 11 is 0. The number of carbonyl (C=O) groups excluding carboxylic acids is 1. The van der Waals surface area contributed by atoms with Gasteiger partial charge >= 0.3 is 0 Å². The number of hydrogen-bond donors (Lipinski definition) is 0. The van der Waals surface area contributed by atoms with Gasteiger partial charge in [0.25, 0.3) is 0 Å². The molecule has 9 rings (SSSR count). The first-order chi connectivity index (χ1) is 19.9. The van der Waals surface area contributed by atoms with Crippen molar-refractivity contribution in [3.63, 3.8) is 0 Å². The summed E-state index contributed by atoms with van der Waals surface area (Å²) in [6, 6.07) is 16.4. The number of carbonyl (C=O) groups is 1. The largest absolute Gasteiger partial charge is 0.378 e. The molecule has 4 aromatic carbocycles. The molecule has 1 saturated carbocycles. The summed E-state index contributed by atoms with van der Waals surface area (Å²) in [5.74, 6) is 0.621. The van der Waals surface area contributed by atoms with Gasteiger partial charge in [-0.2, -0.15) is 0 Å². The molecule has 0 aliphatic heterocycles. The number of allylic oxidation sites excluding steroid dienone is 6. The van der Waals surface area contributed by atoms with E-state index in [9.17, 15) is 4.79 Å². The minimum absolute atomic E-state index is 0.0641. The fourth-order valence-corrected chi connectivity index (χ4v) is 8.53. The lowest BCUT2D eigenvalue weighted by atomic mass is 9.58. The zero-order valence-corrected chi connectivity index (χ0v) is 24.0. The molecule has 4 aromatic rings. The van der Waals surface area contributed by atoms with E-state index >= 15 is 0 Å². The molecule has 0 aromatic heterocycles.